The second kappa shape index (κ2) is 9.18. The first-order valence-electron chi connectivity index (χ1n) is 8.14. The second-order valence-electron chi connectivity index (χ2n) is 5.70. The summed E-state index contributed by atoms with van der Waals surface area (Å²) in [5, 5.41) is 18.7. The monoisotopic (exact) mass is 348 g/mol. The molecule has 4 nitrogen and oxygen atoms in total. The number of carboxylic acid groups (broad SMARTS) is 2. The number of hydrogen-bond donors (Lipinski definition) is 2. The molecule has 4 heteroatoms. The van der Waals surface area contributed by atoms with E-state index in [1.807, 2.05) is 66.7 Å². The standard InChI is InChI=1S/C22H20O4/c1-16(21(23)24)12-14-20(22(25)26)19(18-10-6-3-7-11-18)15-13-17-8-4-2-5-9-17/h2-13,15H,14H2,1H3,(H,23,24)(H,25,26). The van der Waals surface area contributed by atoms with Crippen LogP contribution in [0.3, 0.4) is 0 Å². The minimum Gasteiger partial charge on any atom is -0.478 e. The van der Waals surface area contributed by atoms with E-state index in [1.54, 1.807) is 6.08 Å². The molecule has 0 spiro atoms. The van der Waals surface area contributed by atoms with Crippen LogP contribution in [0.25, 0.3) is 11.6 Å². The van der Waals surface area contributed by atoms with Gasteiger partial charge >= 0.3 is 11.9 Å². The van der Waals surface area contributed by atoms with Crippen molar-refractivity contribution in [3.8, 4) is 0 Å². The lowest BCUT2D eigenvalue weighted by molar-refractivity contribution is -0.133. The molecule has 26 heavy (non-hydrogen) atoms. The molecule has 2 N–H and O–H groups in total. The number of carboxylic acids is 2. The minimum absolute atomic E-state index is 0.0246. The second-order valence-corrected chi connectivity index (χ2v) is 5.70. The topological polar surface area (TPSA) is 74.6 Å². The fourth-order valence-corrected chi connectivity index (χ4v) is 2.39. The number of carbonyl (C=O) groups is 2. The van der Waals surface area contributed by atoms with Crippen molar-refractivity contribution in [3.05, 3.63) is 95.1 Å². The molecule has 0 amide bonds. The molecule has 2 aromatic rings. The zero-order chi connectivity index (χ0) is 18.9. The van der Waals surface area contributed by atoms with Crippen molar-refractivity contribution >= 4 is 23.6 Å². The third-order valence-electron chi connectivity index (χ3n) is 3.86. The molecule has 0 saturated carbocycles. The summed E-state index contributed by atoms with van der Waals surface area (Å²) in [6.07, 6.45) is 5.05. The Morgan fingerprint density at radius 1 is 0.885 bits per heavy atom. The number of aliphatic carboxylic acids is 2. The van der Waals surface area contributed by atoms with Gasteiger partial charge in [0.05, 0.1) is 0 Å². The highest BCUT2D eigenvalue weighted by Gasteiger charge is 2.14. The zero-order valence-corrected chi connectivity index (χ0v) is 14.4. The molecule has 0 saturated heterocycles. The molecular formula is C22H20O4. The van der Waals surface area contributed by atoms with Gasteiger partial charge in [0.2, 0.25) is 0 Å². The van der Waals surface area contributed by atoms with Crippen LogP contribution in [0.4, 0.5) is 0 Å². The van der Waals surface area contributed by atoms with Crippen molar-refractivity contribution in [2.75, 3.05) is 0 Å². The van der Waals surface area contributed by atoms with Gasteiger partial charge in [-0.3, -0.25) is 0 Å². The van der Waals surface area contributed by atoms with Crippen LogP contribution in [0.5, 0.6) is 0 Å². The molecule has 0 atom stereocenters. The summed E-state index contributed by atoms with van der Waals surface area (Å²) in [6, 6.07) is 18.8. The highest BCUT2D eigenvalue weighted by molar-refractivity contribution is 6.00. The molecule has 0 aliphatic rings. The third kappa shape index (κ3) is 5.31. The molecule has 0 unspecified atom stereocenters. The molecular weight excluding hydrogens is 328 g/mol. The smallest absolute Gasteiger partial charge is 0.332 e. The molecule has 0 fully saturated rings. The Labute approximate surface area is 152 Å². The summed E-state index contributed by atoms with van der Waals surface area (Å²) in [5.41, 5.74) is 2.52. The van der Waals surface area contributed by atoms with Crippen LogP contribution in [0.1, 0.15) is 24.5 Å². The summed E-state index contributed by atoms with van der Waals surface area (Å²) in [7, 11) is 0. The van der Waals surface area contributed by atoms with Crippen LogP contribution in [0.15, 0.2) is 84.0 Å². The van der Waals surface area contributed by atoms with Gasteiger partial charge in [0.15, 0.2) is 0 Å². The summed E-state index contributed by atoms with van der Waals surface area (Å²) >= 11 is 0. The van der Waals surface area contributed by atoms with Crippen LogP contribution in [-0.4, -0.2) is 22.2 Å². The van der Waals surface area contributed by atoms with E-state index in [1.165, 1.54) is 13.0 Å². The zero-order valence-electron chi connectivity index (χ0n) is 14.4. The van der Waals surface area contributed by atoms with Crippen LogP contribution >= 0.6 is 0 Å². The predicted octanol–water partition coefficient (Wildman–Crippen LogP) is 4.66. The van der Waals surface area contributed by atoms with Gasteiger partial charge < -0.3 is 10.2 Å². The van der Waals surface area contributed by atoms with Gasteiger partial charge in [-0.2, -0.15) is 0 Å². The first kappa shape index (κ1) is 18.9. The van der Waals surface area contributed by atoms with E-state index in [0.29, 0.717) is 5.57 Å². The molecule has 2 aromatic carbocycles. The van der Waals surface area contributed by atoms with E-state index in [9.17, 15) is 14.7 Å². The van der Waals surface area contributed by atoms with Crippen molar-refractivity contribution in [2.45, 2.75) is 13.3 Å². The number of rotatable bonds is 7. The first-order chi connectivity index (χ1) is 12.5. The average molecular weight is 348 g/mol. The van der Waals surface area contributed by atoms with Crippen LogP contribution in [-0.2, 0) is 9.59 Å². The summed E-state index contributed by atoms with van der Waals surface area (Å²) < 4.78 is 0. The summed E-state index contributed by atoms with van der Waals surface area (Å²) in [6.45, 7) is 1.45. The highest BCUT2D eigenvalue weighted by atomic mass is 16.4. The Kier molecular flexibility index (Phi) is 6.68. The molecule has 0 aromatic heterocycles. The van der Waals surface area contributed by atoms with E-state index >= 15 is 0 Å². The van der Waals surface area contributed by atoms with E-state index in [0.717, 1.165) is 11.1 Å². The van der Waals surface area contributed by atoms with Crippen LogP contribution in [0, 0.1) is 0 Å². The van der Waals surface area contributed by atoms with Crippen molar-refractivity contribution < 1.29 is 19.8 Å². The van der Waals surface area contributed by atoms with E-state index in [-0.39, 0.29) is 17.6 Å². The first-order valence-corrected chi connectivity index (χ1v) is 8.14. The quantitative estimate of drug-likeness (QED) is 0.564. The van der Waals surface area contributed by atoms with Crippen molar-refractivity contribution in [2.24, 2.45) is 0 Å². The fourth-order valence-electron chi connectivity index (χ4n) is 2.39. The van der Waals surface area contributed by atoms with E-state index < -0.39 is 11.9 Å². The third-order valence-corrected chi connectivity index (χ3v) is 3.86. The van der Waals surface area contributed by atoms with Gasteiger partial charge in [0.1, 0.15) is 0 Å². The molecule has 0 aliphatic carbocycles. The minimum atomic E-state index is -1.07. The van der Waals surface area contributed by atoms with Gasteiger partial charge in [-0.15, -0.1) is 0 Å². The lowest BCUT2D eigenvalue weighted by atomic mass is 9.96. The Morgan fingerprint density at radius 3 is 2.00 bits per heavy atom. The lowest BCUT2D eigenvalue weighted by Crippen LogP contribution is -2.04. The largest absolute Gasteiger partial charge is 0.478 e. The van der Waals surface area contributed by atoms with Crippen molar-refractivity contribution in [3.63, 3.8) is 0 Å². The van der Waals surface area contributed by atoms with Crippen LogP contribution < -0.4 is 0 Å². The molecule has 0 aliphatic heterocycles. The van der Waals surface area contributed by atoms with Gasteiger partial charge in [0, 0.05) is 11.1 Å². The number of benzene rings is 2. The lowest BCUT2D eigenvalue weighted by Gasteiger charge is -2.09. The average Bonchev–Trinajstić information content (AvgIpc) is 2.65. The van der Waals surface area contributed by atoms with Crippen LogP contribution in [0.2, 0.25) is 0 Å². The van der Waals surface area contributed by atoms with Crippen molar-refractivity contribution in [1.29, 1.82) is 0 Å². The predicted molar refractivity (Wildman–Crippen MR) is 102 cm³/mol. The Morgan fingerprint density at radius 2 is 1.46 bits per heavy atom. The molecule has 0 heterocycles. The van der Waals surface area contributed by atoms with Gasteiger partial charge in [0.25, 0.3) is 0 Å². The Bertz CT molecular complexity index is 860. The maximum absolute atomic E-state index is 11.8. The SMILES string of the molecule is CC(=CCC(C(=O)O)=C(C=Cc1ccccc1)c1ccccc1)C(=O)O. The van der Waals surface area contributed by atoms with Gasteiger partial charge in [-0.05, 0) is 30.0 Å². The fraction of sp³-hybridized carbons (Fsp3) is 0.0909. The van der Waals surface area contributed by atoms with Gasteiger partial charge in [-0.25, -0.2) is 9.59 Å². The molecule has 2 rings (SSSR count). The Balaban J connectivity index is 2.52. The highest BCUT2D eigenvalue weighted by Crippen LogP contribution is 2.24. The molecule has 0 radical (unpaired) electrons. The number of hydrogen-bond acceptors (Lipinski definition) is 2. The molecule has 0 bridgehead atoms. The van der Waals surface area contributed by atoms with E-state index in [2.05, 4.69) is 0 Å². The summed E-state index contributed by atoms with van der Waals surface area (Å²) in [5.74, 6) is -2.13. The normalized spacial score (nSPS) is 12.7. The van der Waals surface area contributed by atoms with E-state index in [4.69, 9.17) is 5.11 Å². The Hall–Kier alpha value is -3.40. The van der Waals surface area contributed by atoms with Crippen molar-refractivity contribution in [1.82, 2.24) is 0 Å². The van der Waals surface area contributed by atoms with Gasteiger partial charge in [-0.1, -0.05) is 78.9 Å². The maximum atomic E-state index is 11.8. The maximum Gasteiger partial charge on any atom is 0.332 e. The molecule has 132 valence electrons. The summed E-state index contributed by atoms with van der Waals surface area (Å²) in [4.78, 5) is 22.8. The number of allylic oxidation sites excluding steroid dienone is 3.